The fourth-order valence-corrected chi connectivity index (χ4v) is 2.55. The number of nitrogens with zero attached hydrogens (tertiary/aromatic N) is 2. The number of carbonyl (C=O) groups excluding carboxylic acids is 1. The monoisotopic (exact) mass is 250 g/mol. The van der Waals surface area contributed by atoms with Crippen molar-refractivity contribution < 1.29 is 4.79 Å². The topological polar surface area (TPSA) is 72.9 Å². The number of carbonyl (C=O) groups is 1. The Balaban J connectivity index is 2.01. The molecule has 0 unspecified atom stereocenters. The van der Waals surface area contributed by atoms with Crippen LogP contribution in [0.4, 0.5) is 5.82 Å². The van der Waals surface area contributed by atoms with E-state index in [2.05, 4.69) is 10.4 Å². The van der Waals surface area contributed by atoms with Gasteiger partial charge in [0.05, 0.1) is 0 Å². The van der Waals surface area contributed by atoms with Crippen molar-refractivity contribution in [1.82, 2.24) is 9.78 Å². The summed E-state index contributed by atoms with van der Waals surface area (Å²) in [5.41, 5.74) is 6.53. The summed E-state index contributed by atoms with van der Waals surface area (Å²) in [7, 11) is 1.83. The third kappa shape index (κ3) is 3.10. The second-order valence-corrected chi connectivity index (χ2v) is 5.06. The van der Waals surface area contributed by atoms with E-state index in [1.54, 1.807) is 4.68 Å². The zero-order chi connectivity index (χ0) is 13.0. The number of rotatable bonds is 3. The Morgan fingerprint density at radius 1 is 1.44 bits per heavy atom. The maximum Gasteiger partial charge on any atom is 0.228 e. The van der Waals surface area contributed by atoms with Crippen LogP contribution >= 0.6 is 0 Å². The molecule has 2 rings (SSSR count). The summed E-state index contributed by atoms with van der Waals surface area (Å²) in [6.45, 7) is 0.397. The van der Waals surface area contributed by atoms with E-state index in [-0.39, 0.29) is 11.8 Å². The number of aryl methyl sites for hydroxylation is 1. The maximum atomic E-state index is 12.2. The minimum atomic E-state index is 0.102. The Hall–Kier alpha value is -1.36. The summed E-state index contributed by atoms with van der Waals surface area (Å²) in [6, 6.07) is 0. The van der Waals surface area contributed by atoms with Gasteiger partial charge < -0.3 is 11.1 Å². The molecule has 0 saturated heterocycles. The molecular formula is C13H22N4O. The molecular weight excluding hydrogens is 228 g/mol. The van der Waals surface area contributed by atoms with Crippen molar-refractivity contribution in [2.75, 3.05) is 5.32 Å². The van der Waals surface area contributed by atoms with Gasteiger partial charge in [0.2, 0.25) is 5.91 Å². The molecule has 1 amide bonds. The number of hydrogen-bond donors (Lipinski definition) is 2. The summed E-state index contributed by atoms with van der Waals surface area (Å²) in [5, 5.41) is 7.17. The SMILES string of the molecule is Cn1cc(CN)c(NC(=O)C2CCCCCC2)n1. The van der Waals surface area contributed by atoms with E-state index < -0.39 is 0 Å². The normalized spacial score (nSPS) is 17.4. The molecule has 1 heterocycles. The van der Waals surface area contributed by atoms with Crippen LogP contribution in [0.2, 0.25) is 0 Å². The molecule has 0 aromatic carbocycles. The largest absolute Gasteiger partial charge is 0.326 e. The van der Waals surface area contributed by atoms with Gasteiger partial charge in [-0.2, -0.15) is 5.10 Å². The predicted molar refractivity (Wildman–Crippen MR) is 70.9 cm³/mol. The molecule has 1 aliphatic rings. The lowest BCUT2D eigenvalue weighted by atomic mass is 9.99. The highest BCUT2D eigenvalue weighted by molar-refractivity contribution is 5.92. The van der Waals surface area contributed by atoms with Gasteiger partial charge in [0.25, 0.3) is 0 Å². The average Bonchev–Trinajstić information content (AvgIpc) is 2.58. The Labute approximate surface area is 108 Å². The maximum absolute atomic E-state index is 12.2. The molecule has 0 aliphatic heterocycles. The summed E-state index contributed by atoms with van der Waals surface area (Å²) in [5.74, 6) is 0.861. The lowest BCUT2D eigenvalue weighted by molar-refractivity contribution is -0.120. The quantitative estimate of drug-likeness (QED) is 0.803. The van der Waals surface area contributed by atoms with Gasteiger partial charge in [-0.15, -0.1) is 0 Å². The van der Waals surface area contributed by atoms with Gasteiger partial charge in [-0.3, -0.25) is 9.48 Å². The molecule has 0 atom stereocenters. The Bertz CT molecular complexity index is 405. The van der Waals surface area contributed by atoms with Gasteiger partial charge in [0.15, 0.2) is 5.82 Å². The molecule has 1 aromatic heterocycles. The Morgan fingerprint density at radius 3 is 2.72 bits per heavy atom. The van der Waals surface area contributed by atoms with E-state index in [9.17, 15) is 4.79 Å². The molecule has 5 nitrogen and oxygen atoms in total. The van der Waals surface area contributed by atoms with Gasteiger partial charge >= 0.3 is 0 Å². The van der Waals surface area contributed by atoms with E-state index in [1.807, 2.05) is 13.2 Å². The predicted octanol–water partition coefficient (Wildman–Crippen LogP) is 1.79. The average molecular weight is 250 g/mol. The van der Waals surface area contributed by atoms with E-state index >= 15 is 0 Å². The highest BCUT2D eigenvalue weighted by atomic mass is 16.2. The molecule has 1 saturated carbocycles. The van der Waals surface area contributed by atoms with Crippen LogP contribution in [-0.4, -0.2) is 15.7 Å². The van der Waals surface area contributed by atoms with Crippen molar-refractivity contribution in [3.8, 4) is 0 Å². The summed E-state index contributed by atoms with van der Waals surface area (Å²) in [6.07, 6.45) is 8.66. The number of amides is 1. The fourth-order valence-electron chi connectivity index (χ4n) is 2.55. The van der Waals surface area contributed by atoms with Crippen molar-refractivity contribution in [2.24, 2.45) is 18.7 Å². The summed E-state index contributed by atoms with van der Waals surface area (Å²) >= 11 is 0. The van der Waals surface area contributed by atoms with Crippen molar-refractivity contribution in [1.29, 1.82) is 0 Å². The second-order valence-electron chi connectivity index (χ2n) is 5.06. The Morgan fingerprint density at radius 2 is 2.11 bits per heavy atom. The molecule has 0 bridgehead atoms. The van der Waals surface area contributed by atoms with Crippen molar-refractivity contribution in [2.45, 2.75) is 45.1 Å². The van der Waals surface area contributed by atoms with Gasteiger partial charge in [-0.1, -0.05) is 25.7 Å². The summed E-state index contributed by atoms with van der Waals surface area (Å²) < 4.78 is 1.69. The lowest BCUT2D eigenvalue weighted by Gasteiger charge is -2.13. The Kier molecular flexibility index (Phi) is 4.36. The van der Waals surface area contributed by atoms with E-state index in [4.69, 9.17) is 5.73 Å². The fraction of sp³-hybridized carbons (Fsp3) is 0.692. The van der Waals surface area contributed by atoms with E-state index in [1.165, 1.54) is 12.8 Å². The first-order valence-electron chi connectivity index (χ1n) is 6.74. The standard InChI is InChI=1S/C13H22N4O/c1-17-9-11(8-14)12(16-17)15-13(18)10-6-4-2-3-5-7-10/h9-10H,2-8,14H2,1H3,(H,15,16,18). The molecule has 0 radical (unpaired) electrons. The van der Waals surface area contributed by atoms with Crippen LogP contribution in [0.5, 0.6) is 0 Å². The van der Waals surface area contributed by atoms with Crippen LogP contribution in [0.15, 0.2) is 6.20 Å². The molecule has 5 heteroatoms. The smallest absolute Gasteiger partial charge is 0.228 e. The zero-order valence-corrected chi connectivity index (χ0v) is 11.0. The molecule has 1 aromatic rings. The molecule has 18 heavy (non-hydrogen) atoms. The molecule has 3 N–H and O–H groups in total. The van der Waals surface area contributed by atoms with Crippen LogP contribution in [0.25, 0.3) is 0 Å². The number of nitrogens with two attached hydrogens (primary N) is 1. The number of hydrogen-bond acceptors (Lipinski definition) is 3. The van der Waals surface area contributed by atoms with Crippen LogP contribution in [-0.2, 0) is 18.4 Å². The molecule has 1 fully saturated rings. The van der Waals surface area contributed by atoms with Gasteiger partial charge in [-0.05, 0) is 12.8 Å². The van der Waals surface area contributed by atoms with Gasteiger partial charge in [-0.25, -0.2) is 0 Å². The first kappa shape index (κ1) is 13.1. The third-order valence-electron chi connectivity index (χ3n) is 3.59. The lowest BCUT2D eigenvalue weighted by Crippen LogP contribution is -2.23. The van der Waals surface area contributed by atoms with Crippen molar-refractivity contribution in [3.05, 3.63) is 11.8 Å². The van der Waals surface area contributed by atoms with Crippen LogP contribution in [0.3, 0.4) is 0 Å². The number of aromatic nitrogens is 2. The van der Waals surface area contributed by atoms with Crippen LogP contribution in [0, 0.1) is 5.92 Å². The number of nitrogens with one attached hydrogen (secondary N) is 1. The molecule has 0 spiro atoms. The minimum Gasteiger partial charge on any atom is -0.326 e. The van der Waals surface area contributed by atoms with E-state index in [0.717, 1.165) is 31.2 Å². The van der Waals surface area contributed by atoms with E-state index in [0.29, 0.717) is 12.4 Å². The van der Waals surface area contributed by atoms with Crippen molar-refractivity contribution in [3.63, 3.8) is 0 Å². The zero-order valence-electron chi connectivity index (χ0n) is 11.0. The first-order chi connectivity index (χ1) is 8.70. The van der Waals surface area contributed by atoms with Crippen LogP contribution in [0.1, 0.15) is 44.1 Å². The highest BCUT2D eigenvalue weighted by Crippen LogP contribution is 2.24. The third-order valence-corrected chi connectivity index (χ3v) is 3.59. The molecule has 1 aliphatic carbocycles. The molecule has 100 valence electrons. The van der Waals surface area contributed by atoms with Crippen LogP contribution < -0.4 is 11.1 Å². The summed E-state index contributed by atoms with van der Waals surface area (Å²) in [4.78, 5) is 12.2. The number of anilines is 1. The van der Waals surface area contributed by atoms with Gasteiger partial charge in [0, 0.05) is 31.3 Å². The van der Waals surface area contributed by atoms with Crippen molar-refractivity contribution >= 4 is 11.7 Å². The first-order valence-corrected chi connectivity index (χ1v) is 6.74. The second kappa shape index (κ2) is 6.00. The van der Waals surface area contributed by atoms with Gasteiger partial charge in [0.1, 0.15) is 0 Å². The highest BCUT2D eigenvalue weighted by Gasteiger charge is 2.21. The minimum absolute atomic E-state index is 0.102.